The molecule has 1 heterocycles. The summed E-state index contributed by atoms with van der Waals surface area (Å²) in [4.78, 5) is 0. The first-order chi connectivity index (χ1) is 8.74. The van der Waals surface area contributed by atoms with Crippen LogP contribution in [0.2, 0.25) is 0 Å². The molecule has 3 atom stereocenters. The number of allylic oxidation sites excluding steroid dienone is 1. The van der Waals surface area contributed by atoms with Gasteiger partial charge in [0.15, 0.2) is 0 Å². The van der Waals surface area contributed by atoms with Gasteiger partial charge < -0.3 is 4.74 Å². The number of rotatable bonds is 2. The summed E-state index contributed by atoms with van der Waals surface area (Å²) < 4.78 is 5.36. The van der Waals surface area contributed by atoms with Crippen molar-refractivity contribution in [2.45, 2.75) is 38.4 Å². The summed E-state index contributed by atoms with van der Waals surface area (Å²) in [5.41, 5.74) is 2.50. The van der Waals surface area contributed by atoms with Crippen LogP contribution in [-0.2, 0) is 4.74 Å². The number of ether oxygens (including phenoxy) is 1. The normalized spacial score (nSPS) is 28.4. The number of hydrogen-bond acceptors (Lipinski definition) is 1. The third-order valence-electron chi connectivity index (χ3n) is 3.79. The molecule has 0 N–H and O–H groups in total. The molecule has 96 valence electrons. The number of epoxide rings is 1. The molecule has 1 heteroatoms. The third-order valence-corrected chi connectivity index (χ3v) is 3.79. The van der Waals surface area contributed by atoms with Gasteiger partial charge in [0, 0.05) is 0 Å². The van der Waals surface area contributed by atoms with Crippen molar-refractivity contribution in [1.82, 2.24) is 0 Å². The summed E-state index contributed by atoms with van der Waals surface area (Å²) in [5, 5.41) is 0. The number of hydrogen-bond donors (Lipinski definition) is 0. The van der Waals surface area contributed by atoms with Gasteiger partial charge >= 0.3 is 0 Å². The lowest BCUT2D eigenvalue weighted by molar-refractivity contribution is 0.370. The zero-order chi connectivity index (χ0) is 13.0. The summed E-state index contributed by atoms with van der Waals surface area (Å²) in [6, 6.07) is 8.19. The van der Waals surface area contributed by atoms with E-state index in [1.54, 1.807) is 0 Å². The van der Waals surface area contributed by atoms with Crippen molar-refractivity contribution in [1.29, 1.82) is 0 Å². The van der Waals surface area contributed by atoms with Gasteiger partial charge in [-0.3, -0.25) is 0 Å². The van der Waals surface area contributed by atoms with Gasteiger partial charge in [-0.15, -0.1) is 6.58 Å². The van der Waals surface area contributed by atoms with Crippen molar-refractivity contribution in [3.05, 3.63) is 54.6 Å². The van der Waals surface area contributed by atoms with Gasteiger partial charge in [-0.25, -0.2) is 0 Å². The molecular weight excluding hydrogens is 220 g/mol. The first-order valence-electron chi connectivity index (χ1n) is 6.70. The van der Waals surface area contributed by atoms with E-state index in [9.17, 15) is 0 Å². The Bertz CT molecular complexity index is 421. The predicted molar refractivity (Wildman–Crippen MR) is 77.5 cm³/mol. The lowest BCUT2D eigenvalue weighted by Crippen LogP contribution is -2.10. The van der Waals surface area contributed by atoms with Gasteiger partial charge in [-0.2, -0.15) is 0 Å². The molecule has 3 rings (SSSR count). The van der Waals surface area contributed by atoms with Crippen LogP contribution in [0.4, 0.5) is 0 Å². The second-order valence-corrected chi connectivity index (χ2v) is 5.08. The number of aryl methyl sites for hydroxylation is 1. The zero-order valence-electron chi connectivity index (χ0n) is 11.1. The lowest BCUT2D eigenvalue weighted by Gasteiger charge is -2.12. The van der Waals surface area contributed by atoms with Crippen LogP contribution < -0.4 is 0 Å². The summed E-state index contributed by atoms with van der Waals surface area (Å²) in [5.74, 6) is 0.744. The summed E-state index contributed by atoms with van der Waals surface area (Å²) in [7, 11) is 0. The molecule has 1 saturated heterocycles. The molecule has 2 fully saturated rings. The van der Waals surface area contributed by atoms with Crippen molar-refractivity contribution in [3.63, 3.8) is 0 Å². The molecule has 0 bridgehead atoms. The minimum atomic E-state index is 0.613. The van der Waals surface area contributed by atoms with E-state index in [1.165, 1.54) is 30.4 Å². The Hall–Kier alpha value is -1.34. The fourth-order valence-electron chi connectivity index (χ4n) is 2.46. The molecule has 18 heavy (non-hydrogen) atoms. The van der Waals surface area contributed by atoms with E-state index in [1.807, 2.05) is 18.2 Å². The van der Waals surface area contributed by atoms with Crippen molar-refractivity contribution in [3.8, 4) is 0 Å². The summed E-state index contributed by atoms with van der Waals surface area (Å²) in [6.45, 7) is 9.55. The minimum Gasteiger partial charge on any atom is -0.370 e. The van der Waals surface area contributed by atoms with Gasteiger partial charge in [0.25, 0.3) is 0 Å². The first kappa shape index (κ1) is 13.1. The molecule has 0 spiro atoms. The van der Waals surface area contributed by atoms with E-state index in [4.69, 9.17) is 4.74 Å². The molecule has 1 aromatic carbocycles. The fourth-order valence-corrected chi connectivity index (χ4v) is 2.46. The average molecular weight is 242 g/mol. The highest BCUT2D eigenvalue weighted by atomic mass is 16.6. The molecular formula is C17H22O. The Morgan fingerprint density at radius 3 is 2.50 bits per heavy atom. The predicted octanol–water partition coefficient (Wildman–Crippen LogP) is 4.38. The molecule has 0 radical (unpaired) electrons. The van der Waals surface area contributed by atoms with Gasteiger partial charge in [0.2, 0.25) is 0 Å². The maximum atomic E-state index is 5.36. The van der Waals surface area contributed by atoms with Crippen molar-refractivity contribution >= 4 is 6.08 Å². The van der Waals surface area contributed by atoms with Crippen LogP contribution in [0, 0.1) is 12.8 Å². The molecule has 1 nitrogen and oxygen atoms in total. The lowest BCUT2D eigenvalue weighted by atomic mass is 9.90. The number of benzene rings is 1. The second-order valence-electron chi connectivity index (χ2n) is 5.08. The molecule has 1 aliphatic heterocycles. The van der Waals surface area contributed by atoms with Crippen molar-refractivity contribution in [2.24, 2.45) is 5.92 Å². The second kappa shape index (κ2) is 6.01. The molecule has 3 unspecified atom stereocenters. The maximum absolute atomic E-state index is 5.36. The topological polar surface area (TPSA) is 12.5 Å². The van der Waals surface area contributed by atoms with E-state index < -0.39 is 0 Å². The maximum Gasteiger partial charge on any atom is 0.0847 e. The Morgan fingerprint density at radius 1 is 1.17 bits per heavy atom. The third kappa shape index (κ3) is 3.33. The number of fused-ring (bicyclic) bond motifs is 1. The monoisotopic (exact) mass is 242 g/mol. The van der Waals surface area contributed by atoms with Crippen LogP contribution in [0.3, 0.4) is 0 Å². The van der Waals surface area contributed by atoms with Crippen molar-refractivity contribution in [2.75, 3.05) is 0 Å². The Morgan fingerprint density at radius 2 is 1.94 bits per heavy atom. The van der Waals surface area contributed by atoms with Gasteiger partial charge in [-0.1, -0.05) is 43.0 Å². The van der Waals surface area contributed by atoms with Crippen LogP contribution in [0.1, 0.15) is 30.4 Å². The van der Waals surface area contributed by atoms with Gasteiger partial charge in [-0.05, 0) is 43.2 Å². The van der Waals surface area contributed by atoms with Crippen LogP contribution in [0.5, 0.6) is 0 Å². The highest BCUT2D eigenvalue weighted by Gasteiger charge is 2.42. The quantitative estimate of drug-likeness (QED) is 0.554. The molecule has 1 aromatic rings. The fraction of sp³-hybridized carbons (Fsp3) is 0.412. The Labute approximate surface area is 110 Å². The molecule has 0 aromatic heterocycles. The van der Waals surface area contributed by atoms with Crippen LogP contribution in [-0.4, -0.2) is 12.2 Å². The molecule has 1 aliphatic carbocycles. The van der Waals surface area contributed by atoms with Gasteiger partial charge in [0.1, 0.15) is 0 Å². The minimum absolute atomic E-state index is 0.613. The largest absolute Gasteiger partial charge is 0.370 e. The van der Waals surface area contributed by atoms with Crippen molar-refractivity contribution < 1.29 is 4.74 Å². The van der Waals surface area contributed by atoms with E-state index in [0.717, 1.165) is 5.92 Å². The molecule has 1 saturated carbocycles. The van der Waals surface area contributed by atoms with E-state index in [0.29, 0.717) is 12.2 Å². The Kier molecular flexibility index (Phi) is 4.38. The van der Waals surface area contributed by atoms with E-state index >= 15 is 0 Å². The van der Waals surface area contributed by atoms with E-state index in [2.05, 4.69) is 38.3 Å². The molecule has 2 aliphatic rings. The van der Waals surface area contributed by atoms with Crippen LogP contribution in [0.15, 0.2) is 43.5 Å². The Balaban J connectivity index is 0.000000134. The first-order valence-corrected chi connectivity index (χ1v) is 6.70. The summed E-state index contributed by atoms with van der Waals surface area (Å²) in [6.07, 6.45) is 8.98. The molecule has 0 amide bonds. The van der Waals surface area contributed by atoms with Crippen LogP contribution in [0.25, 0.3) is 6.08 Å². The average Bonchev–Trinajstić information content (AvgIpc) is 3.18. The van der Waals surface area contributed by atoms with Gasteiger partial charge in [0.05, 0.1) is 12.2 Å². The highest BCUT2D eigenvalue weighted by molar-refractivity contribution is 5.50. The van der Waals surface area contributed by atoms with E-state index in [-0.39, 0.29) is 0 Å². The smallest absolute Gasteiger partial charge is 0.0847 e. The summed E-state index contributed by atoms with van der Waals surface area (Å²) >= 11 is 0. The highest BCUT2D eigenvalue weighted by Crippen LogP contribution is 2.39. The van der Waals surface area contributed by atoms with Crippen LogP contribution >= 0.6 is 0 Å². The zero-order valence-corrected chi connectivity index (χ0v) is 11.1. The SMILES string of the molecule is C=CC1CCC2OC2C1.C=Cc1ccccc1C. The standard InChI is InChI=1S/C9H10.C8H12O/c1-3-9-7-5-4-6-8(9)2;1-2-6-3-4-7-8(5-6)9-7/h3-7H,1H2,2H3;2,6-8H,1,3-5H2.